The monoisotopic (exact) mass is 310 g/mol. The van der Waals surface area contributed by atoms with E-state index in [4.69, 9.17) is 0 Å². The summed E-state index contributed by atoms with van der Waals surface area (Å²) >= 11 is 0. The average Bonchev–Trinajstić information content (AvgIpc) is 2.70. The van der Waals surface area contributed by atoms with Crippen molar-refractivity contribution in [1.29, 1.82) is 0 Å². The molecule has 2 unspecified atom stereocenters. The van der Waals surface area contributed by atoms with Gasteiger partial charge in [-0.05, 0) is 79.4 Å². The van der Waals surface area contributed by atoms with Crippen molar-refractivity contribution in [2.75, 3.05) is 0 Å². The number of benzene rings is 1. The van der Waals surface area contributed by atoms with Crippen LogP contribution in [0.4, 0.5) is 0 Å². The van der Waals surface area contributed by atoms with E-state index in [0.717, 1.165) is 11.8 Å². The van der Waals surface area contributed by atoms with Gasteiger partial charge in [0.05, 0.1) is 0 Å². The second kappa shape index (κ2) is 6.83. The Morgan fingerprint density at radius 2 is 2.00 bits per heavy atom. The van der Waals surface area contributed by atoms with Gasteiger partial charge in [0, 0.05) is 0 Å². The van der Waals surface area contributed by atoms with Gasteiger partial charge in [-0.3, -0.25) is 0 Å². The summed E-state index contributed by atoms with van der Waals surface area (Å²) in [5.74, 6) is 1.59. The Morgan fingerprint density at radius 1 is 1.17 bits per heavy atom. The van der Waals surface area contributed by atoms with Crippen LogP contribution in [0.5, 0.6) is 0 Å². The number of fused-ring (bicyclic) bond motifs is 3. The number of allylic oxidation sites excluding steroid dienone is 2. The molecule has 0 heteroatoms. The largest absolute Gasteiger partial charge is 0.0853 e. The van der Waals surface area contributed by atoms with Gasteiger partial charge in [0.1, 0.15) is 0 Å². The Labute approximate surface area is 143 Å². The van der Waals surface area contributed by atoms with Crippen molar-refractivity contribution in [3.63, 3.8) is 0 Å². The van der Waals surface area contributed by atoms with Crippen LogP contribution < -0.4 is 0 Å². The minimum atomic E-state index is 0.431. The van der Waals surface area contributed by atoms with E-state index in [1.54, 1.807) is 22.3 Å². The van der Waals surface area contributed by atoms with Gasteiger partial charge in [-0.2, -0.15) is 0 Å². The third-order valence-corrected chi connectivity index (χ3v) is 6.38. The molecular weight excluding hydrogens is 276 g/mol. The van der Waals surface area contributed by atoms with E-state index in [2.05, 4.69) is 52.0 Å². The molecule has 2 aliphatic rings. The lowest BCUT2D eigenvalue weighted by Crippen LogP contribution is -2.36. The van der Waals surface area contributed by atoms with E-state index < -0.39 is 0 Å². The first-order valence-corrected chi connectivity index (χ1v) is 9.78. The van der Waals surface area contributed by atoms with Crippen molar-refractivity contribution in [1.82, 2.24) is 0 Å². The molecule has 0 aliphatic heterocycles. The number of rotatable bonds is 4. The minimum Gasteiger partial charge on any atom is -0.0853 e. The van der Waals surface area contributed by atoms with Crippen molar-refractivity contribution in [2.24, 2.45) is 11.3 Å². The Balaban J connectivity index is 1.87. The maximum atomic E-state index is 2.55. The van der Waals surface area contributed by atoms with E-state index in [1.165, 1.54) is 51.4 Å². The number of aryl methyl sites for hydroxylation is 1. The maximum Gasteiger partial charge on any atom is -0.0120 e. The summed E-state index contributed by atoms with van der Waals surface area (Å²) < 4.78 is 0. The van der Waals surface area contributed by atoms with E-state index in [1.807, 2.05) is 0 Å². The third-order valence-electron chi connectivity index (χ3n) is 6.38. The van der Waals surface area contributed by atoms with Gasteiger partial charge in [0.2, 0.25) is 0 Å². The van der Waals surface area contributed by atoms with Crippen LogP contribution >= 0.6 is 0 Å². The van der Waals surface area contributed by atoms with Crippen LogP contribution in [-0.2, 0) is 12.8 Å². The SMILES string of the molecule is CCCCCc1ccc2c(c1)CC(C)(C)C1CC=C(C)CCC21. The summed E-state index contributed by atoms with van der Waals surface area (Å²) in [6.07, 6.45) is 13.0. The van der Waals surface area contributed by atoms with Gasteiger partial charge in [-0.25, -0.2) is 0 Å². The van der Waals surface area contributed by atoms with Crippen LogP contribution in [-0.4, -0.2) is 0 Å². The standard InChI is InChI=1S/C23H34/c1-5-6-7-8-18-11-13-20-19(15-18)16-23(3,4)22-14-10-17(2)9-12-21(20)22/h10-11,13,15,21-22H,5-9,12,14,16H2,1-4H3. The highest BCUT2D eigenvalue weighted by atomic mass is 14.5. The lowest BCUT2D eigenvalue weighted by Gasteiger charge is -2.45. The molecular formula is C23H34. The predicted octanol–water partition coefficient (Wildman–Crippen LogP) is 6.83. The molecule has 0 spiro atoms. The Morgan fingerprint density at radius 3 is 2.78 bits per heavy atom. The minimum absolute atomic E-state index is 0.431. The average molecular weight is 311 g/mol. The molecule has 0 fully saturated rings. The molecule has 1 aromatic rings. The van der Waals surface area contributed by atoms with Gasteiger partial charge < -0.3 is 0 Å². The molecule has 0 bridgehead atoms. The molecule has 0 nitrogen and oxygen atoms in total. The van der Waals surface area contributed by atoms with Gasteiger partial charge in [0.15, 0.2) is 0 Å². The Kier molecular flexibility index (Phi) is 4.99. The highest BCUT2D eigenvalue weighted by Gasteiger charge is 2.41. The topological polar surface area (TPSA) is 0 Å². The van der Waals surface area contributed by atoms with Crippen molar-refractivity contribution >= 4 is 0 Å². The van der Waals surface area contributed by atoms with Crippen molar-refractivity contribution in [2.45, 2.75) is 85.0 Å². The second-order valence-corrected chi connectivity index (χ2v) is 8.69. The fraction of sp³-hybridized carbons (Fsp3) is 0.652. The number of unbranched alkanes of at least 4 members (excludes halogenated alkanes) is 2. The first kappa shape index (κ1) is 16.8. The molecule has 0 saturated heterocycles. The summed E-state index contributed by atoms with van der Waals surface area (Å²) in [7, 11) is 0. The molecule has 0 N–H and O–H groups in total. The molecule has 0 heterocycles. The summed E-state index contributed by atoms with van der Waals surface area (Å²) in [4.78, 5) is 0. The molecule has 1 aromatic carbocycles. The summed E-state index contributed by atoms with van der Waals surface area (Å²) in [6, 6.07) is 7.47. The first-order valence-electron chi connectivity index (χ1n) is 9.78. The van der Waals surface area contributed by atoms with Gasteiger partial charge >= 0.3 is 0 Å². The predicted molar refractivity (Wildman–Crippen MR) is 101 cm³/mol. The van der Waals surface area contributed by atoms with E-state index >= 15 is 0 Å². The molecule has 0 radical (unpaired) electrons. The third kappa shape index (κ3) is 3.57. The van der Waals surface area contributed by atoms with Gasteiger partial charge in [-0.1, -0.05) is 63.5 Å². The van der Waals surface area contributed by atoms with E-state index in [0.29, 0.717) is 5.41 Å². The quantitative estimate of drug-likeness (QED) is 0.422. The normalized spacial score (nSPS) is 26.0. The Hall–Kier alpha value is -1.04. The van der Waals surface area contributed by atoms with Gasteiger partial charge in [-0.15, -0.1) is 0 Å². The van der Waals surface area contributed by atoms with Crippen LogP contribution in [0.1, 0.15) is 88.8 Å². The van der Waals surface area contributed by atoms with Gasteiger partial charge in [0.25, 0.3) is 0 Å². The number of hydrogen-bond acceptors (Lipinski definition) is 0. The Bertz CT molecular complexity index is 576. The maximum absolute atomic E-state index is 2.55. The van der Waals surface area contributed by atoms with E-state index in [-0.39, 0.29) is 0 Å². The van der Waals surface area contributed by atoms with E-state index in [9.17, 15) is 0 Å². The molecule has 0 amide bonds. The highest BCUT2D eigenvalue weighted by Crippen LogP contribution is 2.52. The molecule has 0 aromatic heterocycles. The molecule has 0 saturated carbocycles. The molecule has 2 aliphatic carbocycles. The van der Waals surface area contributed by atoms with Crippen LogP contribution in [0, 0.1) is 11.3 Å². The van der Waals surface area contributed by atoms with Crippen molar-refractivity contribution < 1.29 is 0 Å². The molecule has 126 valence electrons. The second-order valence-electron chi connectivity index (χ2n) is 8.69. The van der Waals surface area contributed by atoms with Crippen LogP contribution in [0.3, 0.4) is 0 Å². The highest BCUT2D eigenvalue weighted by molar-refractivity contribution is 5.39. The summed E-state index contributed by atoms with van der Waals surface area (Å²) in [5.41, 5.74) is 6.93. The van der Waals surface area contributed by atoms with Crippen LogP contribution in [0.25, 0.3) is 0 Å². The fourth-order valence-electron chi connectivity index (χ4n) is 4.95. The zero-order chi connectivity index (χ0) is 16.4. The van der Waals surface area contributed by atoms with Crippen molar-refractivity contribution in [3.05, 3.63) is 46.5 Å². The lowest BCUT2D eigenvalue weighted by molar-refractivity contribution is 0.156. The number of hydrogen-bond donors (Lipinski definition) is 0. The van der Waals surface area contributed by atoms with Crippen molar-refractivity contribution in [3.8, 4) is 0 Å². The van der Waals surface area contributed by atoms with Crippen LogP contribution in [0.15, 0.2) is 29.8 Å². The first-order chi connectivity index (χ1) is 11.0. The lowest BCUT2D eigenvalue weighted by atomic mass is 9.60. The molecule has 23 heavy (non-hydrogen) atoms. The molecule has 3 rings (SSSR count). The zero-order valence-corrected chi connectivity index (χ0v) is 15.6. The zero-order valence-electron chi connectivity index (χ0n) is 15.6. The summed E-state index contributed by atoms with van der Waals surface area (Å²) in [5, 5.41) is 0. The fourth-order valence-corrected chi connectivity index (χ4v) is 4.95. The molecule has 2 atom stereocenters. The van der Waals surface area contributed by atoms with Crippen LogP contribution in [0.2, 0.25) is 0 Å². The smallest absolute Gasteiger partial charge is 0.0120 e. The summed E-state index contributed by atoms with van der Waals surface area (Å²) in [6.45, 7) is 9.62.